The Bertz CT molecular complexity index is 559. The number of hydrogen-bond acceptors (Lipinski definition) is 5. The molecule has 0 aliphatic carbocycles. The molecule has 0 amide bonds. The van der Waals surface area contributed by atoms with E-state index in [1.807, 2.05) is 0 Å². The lowest BCUT2D eigenvalue weighted by Gasteiger charge is -2.07. The molecule has 17 heavy (non-hydrogen) atoms. The summed E-state index contributed by atoms with van der Waals surface area (Å²) >= 11 is 1.34. The maximum absolute atomic E-state index is 11.1. The van der Waals surface area contributed by atoms with Crippen LogP contribution < -0.4 is 5.32 Å². The van der Waals surface area contributed by atoms with Crippen LogP contribution in [0.15, 0.2) is 22.9 Å². The van der Waals surface area contributed by atoms with Gasteiger partial charge in [0.15, 0.2) is 9.84 Å². The molecule has 1 aromatic rings. The molecule has 7 heteroatoms. The Hall–Kier alpha value is -1.18. The van der Waals surface area contributed by atoms with E-state index >= 15 is 0 Å². The highest BCUT2D eigenvalue weighted by atomic mass is 32.2. The molecule has 0 fully saturated rings. The fourth-order valence-corrected chi connectivity index (χ4v) is 3.60. The zero-order valence-electron chi connectivity index (χ0n) is 8.79. The maximum atomic E-state index is 11.1. The van der Waals surface area contributed by atoms with Gasteiger partial charge in [0.25, 0.3) is 0 Å². The molecule has 0 spiro atoms. The van der Waals surface area contributed by atoms with Gasteiger partial charge < -0.3 is 10.4 Å². The van der Waals surface area contributed by atoms with Crippen LogP contribution in [0.4, 0.5) is 0 Å². The standard InChI is InChI=1S/C10H11NO4S2/c12-10(13)7-3-9(16-5-7)4-11-8-1-2-17(14,15)6-8/h1-3,5,8,11H,4,6H2,(H,12,13). The normalized spacial score (nSPS) is 21.8. The highest BCUT2D eigenvalue weighted by Crippen LogP contribution is 2.15. The summed E-state index contributed by atoms with van der Waals surface area (Å²) in [5, 5.41) is 14.6. The number of thiophene rings is 1. The van der Waals surface area contributed by atoms with Crippen LogP contribution in [-0.2, 0) is 16.4 Å². The molecule has 2 rings (SSSR count). The molecular formula is C10H11NO4S2. The fraction of sp³-hybridized carbons (Fsp3) is 0.300. The minimum Gasteiger partial charge on any atom is -0.478 e. The third-order valence-corrected chi connectivity index (χ3v) is 4.70. The average Bonchev–Trinajstić information content (AvgIpc) is 2.81. The van der Waals surface area contributed by atoms with Crippen LogP contribution >= 0.6 is 11.3 Å². The molecule has 0 saturated carbocycles. The Labute approximate surface area is 103 Å². The van der Waals surface area contributed by atoms with Gasteiger partial charge in [-0.3, -0.25) is 0 Å². The number of nitrogens with one attached hydrogen (secondary N) is 1. The van der Waals surface area contributed by atoms with Crippen molar-refractivity contribution in [3.05, 3.63) is 33.4 Å². The minimum atomic E-state index is -3.04. The molecule has 2 N–H and O–H groups in total. The van der Waals surface area contributed by atoms with Crippen LogP contribution in [-0.4, -0.2) is 31.3 Å². The largest absolute Gasteiger partial charge is 0.478 e. The predicted octanol–water partition coefficient (Wildman–Crippen LogP) is 0.847. The van der Waals surface area contributed by atoms with E-state index in [0.29, 0.717) is 6.54 Å². The predicted molar refractivity (Wildman–Crippen MR) is 64.8 cm³/mol. The van der Waals surface area contributed by atoms with Gasteiger partial charge in [0.1, 0.15) is 0 Å². The first-order valence-electron chi connectivity index (χ1n) is 4.91. The van der Waals surface area contributed by atoms with Gasteiger partial charge >= 0.3 is 5.97 Å². The zero-order chi connectivity index (χ0) is 12.5. The maximum Gasteiger partial charge on any atom is 0.336 e. The van der Waals surface area contributed by atoms with Crippen LogP contribution in [0.5, 0.6) is 0 Å². The zero-order valence-corrected chi connectivity index (χ0v) is 10.4. The molecular weight excluding hydrogens is 262 g/mol. The second-order valence-electron chi connectivity index (χ2n) is 3.75. The number of carboxylic acid groups (broad SMARTS) is 1. The Balaban J connectivity index is 1.91. The summed E-state index contributed by atoms with van der Waals surface area (Å²) in [5.74, 6) is -0.875. The van der Waals surface area contributed by atoms with E-state index in [1.165, 1.54) is 16.7 Å². The Kier molecular flexibility index (Phi) is 3.32. The van der Waals surface area contributed by atoms with Crippen molar-refractivity contribution >= 4 is 27.1 Å². The van der Waals surface area contributed by atoms with Crippen LogP contribution in [0.2, 0.25) is 0 Å². The lowest BCUT2D eigenvalue weighted by molar-refractivity contribution is 0.0697. The number of hydrogen-bond donors (Lipinski definition) is 2. The van der Waals surface area contributed by atoms with Crippen molar-refractivity contribution in [2.45, 2.75) is 12.6 Å². The first kappa shape index (κ1) is 12.3. The lowest BCUT2D eigenvalue weighted by atomic mass is 10.3. The van der Waals surface area contributed by atoms with Gasteiger partial charge in [-0.15, -0.1) is 11.3 Å². The van der Waals surface area contributed by atoms with Gasteiger partial charge in [0.05, 0.1) is 11.3 Å². The van der Waals surface area contributed by atoms with Crippen molar-refractivity contribution in [1.82, 2.24) is 5.32 Å². The summed E-state index contributed by atoms with van der Waals surface area (Å²) in [4.78, 5) is 11.5. The quantitative estimate of drug-likeness (QED) is 0.849. The van der Waals surface area contributed by atoms with Gasteiger partial charge in [0.2, 0.25) is 0 Å². The molecule has 0 aromatic carbocycles. The van der Waals surface area contributed by atoms with Crippen molar-refractivity contribution in [2.24, 2.45) is 0 Å². The van der Waals surface area contributed by atoms with E-state index in [0.717, 1.165) is 4.88 Å². The highest BCUT2D eigenvalue weighted by Gasteiger charge is 2.21. The molecule has 5 nitrogen and oxygen atoms in total. The molecule has 92 valence electrons. The molecule has 1 atom stereocenters. The van der Waals surface area contributed by atoms with Crippen LogP contribution in [0.25, 0.3) is 0 Å². The molecule has 1 unspecified atom stereocenters. The van der Waals surface area contributed by atoms with Gasteiger partial charge in [-0.25, -0.2) is 13.2 Å². The summed E-state index contributed by atoms with van der Waals surface area (Å²) in [6.07, 6.45) is 1.61. The minimum absolute atomic E-state index is 0.0736. The number of carbonyl (C=O) groups is 1. The number of sulfone groups is 1. The Morgan fingerprint density at radius 2 is 2.35 bits per heavy atom. The Morgan fingerprint density at radius 3 is 2.88 bits per heavy atom. The van der Waals surface area contributed by atoms with Crippen LogP contribution in [0.1, 0.15) is 15.2 Å². The van der Waals surface area contributed by atoms with Gasteiger partial charge in [-0.05, 0) is 6.07 Å². The summed E-state index contributed by atoms with van der Waals surface area (Å²) in [7, 11) is -3.04. The molecule has 1 aliphatic rings. The second kappa shape index (κ2) is 4.59. The van der Waals surface area contributed by atoms with Gasteiger partial charge in [0, 0.05) is 28.3 Å². The van der Waals surface area contributed by atoms with Crippen LogP contribution in [0, 0.1) is 0 Å². The smallest absolute Gasteiger partial charge is 0.336 e. The molecule has 0 radical (unpaired) electrons. The number of aromatic carboxylic acids is 1. The van der Waals surface area contributed by atoms with Crippen LogP contribution in [0.3, 0.4) is 0 Å². The molecule has 0 saturated heterocycles. The number of rotatable bonds is 4. The summed E-state index contributed by atoms with van der Waals surface area (Å²) in [6, 6.07) is 1.41. The van der Waals surface area contributed by atoms with Gasteiger partial charge in [-0.2, -0.15) is 0 Å². The van der Waals surface area contributed by atoms with E-state index in [9.17, 15) is 13.2 Å². The van der Waals surface area contributed by atoms with E-state index in [1.54, 1.807) is 17.5 Å². The van der Waals surface area contributed by atoms with E-state index in [2.05, 4.69) is 5.32 Å². The van der Waals surface area contributed by atoms with E-state index < -0.39 is 15.8 Å². The average molecular weight is 273 g/mol. The Morgan fingerprint density at radius 1 is 1.59 bits per heavy atom. The SMILES string of the molecule is O=C(O)c1csc(CNC2C=CS(=O)(=O)C2)c1. The molecule has 0 bridgehead atoms. The monoisotopic (exact) mass is 273 g/mol. The van der Waals surface area contributed by atoms with Gasteiger partial charge in [-0.1, -0.05) is 6.08 Å². The summed E-state index contributed by atoms with van der Waals surface area (Å²) in [5.41, 5.74) is 0.265. The van der Waals surface area contributed by atoms with Crippen molar-refractivity contribution in [3.63, 3.8) is 0 Å². The third-order valence-electron chi connectivity index (χ3n) is 2.37. The fourth-order valence-electron chi connectivity index (χ4n) is 1.52. The summed E-state index contributed by atoms with van der Waals surface area (Å²) in [6.45, 7) is 0.475. The third kappa shape index (κ3) is 3.15. The molecule has 2 heterocycles. The van der Waals surface area contributed by atoms with E-state index in [-0.39, 0.29) is 17.4 Å². The summed E-state index contributed by atoms with van der Waals surface area (Å²) < 4.78 is 22.3. The van der Waals surface area contributed by atoms with Crippen molar-refractivity contribution in [2.75, 3.05) is 5.75 Å². The molecule has 1 aliphatic heterocycles. The van der Waals surface area contributed by atoms with Crippen molar-refractivity contribution < 1.29 is 18.3 Å². The highest BCUT2D eigenvalue weighted by molar-refractivity contribution is 7.94. The number of carboxylic acids is 1. The lowest BCUT2D eigenvalue weighted by Crippen LogP contribution is -2.29. The second-order valence-corrected chi connectivity index (χ2v) is 6.68. The molecule has 1 aromatic heterocycles. The van der Waals surface area contributed by atoms with Crippen molar-refractivity contribution in [3.8, 4) is 0 Å². The van der Waals surface area contributed by atoms with E-state index in [4.69, 9.17) is 5.11 Å². The van der Waals surface area contributed by atoms with Crippen molar-refractivity contribution in [1.29, 1.82) is 0 Å². The first-order chi connectivity index (χ1) is 7.96. The first-order valence-corrected chi connectivity index (χ1v) is 7.51. The topological polar surface area (TPSA) is 83.5 Å².